The number of pyridine rings is 1. The van der Waals surface area contributed by atoms with Gasteiger partial charge in [-0.3, -0.25) is 4.98 Å². The zero-order valence-corrected chi connectivity index (χ0v) is 11.8. The van der Waals surface area contributed by atoms with E-state index in [0.717, 1.165) is 6.42 Å². The molecule has 2 rings (SSSR count). The van der Waals surface area contributed by atoms with Crippen molar-refractivity contribution in [3.05, 3.63) is 24.5 Å². The second-order valence-corrected chi connectivity index (χ2v) is 6.34. The van der Waals surface area contributed by atoms with E-state index in [2.05, 4.69) is 4.98 Å². The van der Waals surface area contributed by atoms with Crippen molar-refractivity contribution in [3.63, 3.8) is 0 Å². The molecule has 1 aliphatic rings. The van der Waals surface area contributed by atoms with Crippen molar-refractivity contribution in [1.82, 2.24) is 9.29 Å². The molecule has 2 atom stereocenters. The molecule has 1 fully saturated rings. The first kappa shape index (κ1) is 15.4. The van der Waals surface area contributed by atoms with Gasteiger partial charge in [0.15, 0.2) is 0 Å². The van der Waals surface area contributed by atoms with Crippen LogP contribution >= 0.6 is 12.4 Å². The molecule has 0 spiro atoms. The fourth-order valence-electron chi connectivity index (χ4n) is 2.25. The Bertz CT molecular complexity index is 480. The Morgan fingerprint density at radius 3 is 2.78 bits per heavy atom. The average molecular weight is 292 g/mol. The number of halogens is 1. The van der Waals surface area contributed by atoms with Gasteiger partial charge in [-0.1, -0.05) is 0 Å². The molecule has 2 unspecified atom stereocenters. The van der Waals surface area contributed by atoms with Gasteiger partial charge in [0.1, 0.15) is 4.90 Å². The standard InChI is InChI=1S/C11H17N3O2S.ClH/c1-9-5-10(6-12)8-14(9)17(15,16)11-3-2-4-13-7-11;/h2-4,7,9-10H,5-6,8,12H2,1H3;1H. The van der Waals surface area contributed by atoms with Gasteiger partial charge in [-0.05, 0) is 37.9 Å². The Hall–Kier alpha value is -0.690. The number of hydrogen-bond donors (Lipinski definition) is 1. The van der Waals surface area contributed by atoms with E-state index in [9.17, 15) is 8.42 Å². The number of nitrogens with two attached hydrogens (primary N) is 1. The highest BCUT2D eigenvalue weighted by molar-refractivity contribution is 7.89. The minimum Gasteiger partial charge on any atom is -0.330 e. The summed E-state index contributed by atoms with van der Waals surface area (Å²) in [6, 6.07) is 3.22. The normalized spacial score (nSPS) is 24.8. The van der Waals surface area contributed by atoms with E-state index in [4.69, 9.17) is 5.73 Å². The molecule has 0 aliphatic carbocycles. The molecule has 0 bridgehead atoms. The first-order chi connectivity index (χ1) is 8.05. The largest absolute Gasteiger partial charge is 0.330 e. The van der Waals surface area contributed by atoms with Crippen molar-refractivity contribution >= 4 is 22.4 Å². The van der Waals surface area contributed by atoms with Crippen LogP contribution in [0.5, 0.6) is 0 Å². The summed E-state index contributed by atoms with van der Waals surface area (Å²) in [5.74, 6) is 0.261. The predicted octanol–water partition coefficient (Wildman–Crippen LogP) is 0.861. The zero-order valence-electron chi connectivity index (χ0n) is 10.2. The fourth-order valence-corrected chi connectivity index (χ4v) is 3.93. The van der Waals surface area contributed by atoms with Gasteiger partial charge >= 0.3 is 0 Å². The van der Waals surface area contributed by atoms with E-state index in [0.29, 0.717) is 13.1 Å². The topological polar surface area (TPSA) is 76.3 Å². The van der Waals surface area contributed by atoms with E-state index < -0.39 is 10.0 Å². The van der Waals surface area contributed by atoms with Crippen molar-refractivity contribution in [2.45, 2.75) is 24.3 Å². The van der Waals surface area contributed by atoms with Crippen LogP contribution in [0.25, 0.3) is 0 Å². The second kappa shape index (κ2) is 5.97. The fraction of sp³-hybridized carbons (Fsp3) is 0.545. The third-order valence-electron chi connectivity index (χ3n) is 3.18. The van der Waals surface area contributed by atoms with Crippen LogP contribution in [0.1, 0.15) is 13.3 Å². The number of nitrogens with zero attached hydrogens (tertiary/aromatic N) is 2. The number of aromatic nitrogens is 1. The summed E-state index contributed by atoms with van der Waals surface area (Å²) >= 11 is 0. The summed E-state index contributed by atoms with van der Waals surface area (Å²) in [6.45, 7) is 2.96. The van der Waals surface area contributed by atoms with Crippen molar-refractivity contribution in [1.29, 1.82) is 0 Å². The molecule has 0 saturated carbocycles. The smallest absolute Gasteiger partial charge is 0.244 e. The van der Waals surface area contributed by atoms with Crippen LogP contribution in [0.15, 0.2) is 29.4 Å². The van der Waals surface area contributed by atoms with Crippen LogP contribution in [0.4, 0.5) is 0 Å². The molecule has 18 heavy (non-hydrogen) atoms. The lowest BCUT2D eigenvalue weighted by atomic mass is 10.1. The van der Waals surface area contributed by atoms with Gasteiger partial charge in [0.05, 0.1) is 0 Å². The highest BCUT2D eigenvalue weighted by atomic mass is 35.5. The van der Waals surface area contributed by atoms with E-state index in [1.54, 1.807) is 18.3 Å². The summed E-state index contributed by atoms with van der Waals surface area (Å²) in [5, 5.41) is 0. The maximum absolute atomic E-state index is 12.4. The Morgan fingerprint density at radius 2 is 2.28 bits per heavy atom. The summed E-state index contributed by atoms with van der Waals surface area (Å²) in [4.78, 5) is 4.11. The molecule has 0 aromatic carbocycles. The van der Waals surface area contributed by atoms with E-state index in [1.165, 1.54) is 10.5 Å². The van der Waals surface area contributed by atoms with Gasteiger partial charge in [-0.15, -0.1) is 12.4 Å². The lowest BCUT2D eigenvalue weighted by molar-refractivity contribution is 0.404. The van der Waals surface area contributed by atoms with E-state index in [-0.39, 0.29) is 29.3 Å². The van der Waals surface area contributed by atoms with Crippen LogP contribution in [0, 0.1) is 5.92 Å². The first-order valence-electron chi connectivity index (χ1n) is 5.67. The highest BCUT2D eigenvalue weighted by Gasteiger charge is 2.37. The third-order valence-corrected chi connectivity index (χ3v) is 5.14. The highest BCUT2D eigenvalue weighted by Crippen LogP contribution is 2.28. The van der Waals surface area contributed by atoms with Crippen LogP contribution in [0.3, 0.4) is 0 Å². The Balaban J connectivity index is 0.00000162. The van der Waals surface area contributed by atoms with Crippen molar-refractivity contribution in [2.75, 3.05) is 13.1 Å². The summed E-state index contributed by atoms with van der Waals surface area (Å²) in [5.41, 5.74) is 5.61. The van der Waals surface area contributed by atoms with Gasteiger partial charge < -0.3 is 5.73 Å². The molecular formula is C11H18ClN3O2S. The zero-order chi connectivity index (χ0) is 12.5. The minimum absolute atomic E-state index is 0. The van der Waals surface area contributed by atoms with Crippen LogP contribution in [-0.2, 0) is 10.0 Å². The van der Waals surface area contributed by atoms with Gasteiger partial charge in [-0.25, -0.2) is 8.42 Å². The second-order valence-electron chi connectivity index (χ2n) is 4.45. The van der Waals surface area contributed by atoms with E-state index in [1.807, 2.05) is 6.92 Å². The van der Waals surface area contributed by atoms with Gasteiger partial charge in [0.25, 0.3) is 0 Å². The quantitative estimate of drug-likeness (QED) is 0.896. The maximum Gasteiger partial charge on any atom is 0.244 e. The molecule has 1 aliphatic heterocycles. The number of hydrogen-bond acceptors (Lipinski definition) is 4. The molecule has 102 valence electrons. The Labute approximate surface area is 114 Å². The summed E-state index contributed by atoms with van der Waals surface area (Å²) < 4.78 is 26.2. The number of sulfonamides is 1. The lowest BCUT2D eigenvalue weighted by Gasteiger charge is -2.20. The SMILES string of the molecule is CC1CC(CN)CN1S(=O)(=O)c1cccnc1.Cl. The predicted molar refractivity (Wildman–Crippen MR) is 72.0 cm³/mol. The molecule has 0 amide bonds. The third kappa shape index (κ3) is 2.83. The first-order valence-corrected chi connectivity index (χ1v) is 7.11. The summed E-state index contributed by atoms with van der Waals surface area (Å²) in [6.07, 6.45) is 3.78. The van der Waals surface area contributed by atoms with Crippen molar-refractivity contribution in [2.24, 2.45) is 11.7 Å². The molecule has 1 aromatic heterocycles. The molecule has 2 heterocycles. The molecule has 1 saturated heterocycles. The molecular weight excluding hydrogens is 274 g/mol. The molecule has 2 N–H and O–H groups in total. The molecule has 5 nitrogen and oxygen atoms in total. The average Bonchev–Trinajstić information content (AvgIpc) is 2.72. The van der Waals surface area contributed by atoms with Crippen LogP contribution in [0.2, 0.25) is 0 Å². The lowest BCUT2D eigenvalue weighted by Crippen LogP contribution is -2.34. The minimum atomic E-state index is -3.42. The maximum atomic E-state index is 12.4. The van der Waals surface area contributed by atoms with Crippen molar-refractivity contribution < 1.29 is 8.42 Å². The molecule has 0 radical (unpaired) electrons. The van der Waals surface area contributed by atoms with Crippen LogP contribution < -0.4 is 5.73 Å². The van der Waals surface area contributed by atoms with Gasteiger partial charge in [-0.2, -0.15) is 4.31 Å². The monoisotopic (exact) mass is 291 g/mol. The van der Waals surface area contributed by atoms with Gasteiger partial charge in [0.2, 0.25) is 10.0 Å². The van der Waals surface area contributed by atoms with E-state index >= 15 is 0 Å². The number of rotatable bonds is 3. The Kier molecular flexibility index (Phi) is 5.10. The summed E-state index contributed by atoms with van der Waals surface area (Å²) in [7, 11) is -3.42. The molecule has 1 aromatic rings. The Morgan fingerprint density at radius 1 is 1.56 bits per heavy atom. The van der Waals surface area contributed by atoms with Crippen molar-refractivity contribution in [3.8, 4) is 0 Å². The molecule has 7 heteroatoms. The van der Waals surface area contributed by atoms with Crippen LogP contribution in [-0.4, -0.2) is 36.8 Å². The van der Waals surface area contributed by atoms with Gasteiger partial charge in [0, 0.05) is 25.0 Å².